The first-order valence-corrected chi connectivity index (χ1v) is 11.5. The van der Waals surface area contributed by atoms with E-state index < -0.39 is 6.10 Å². The van der Waals surface area contributed by atoms with Crippen LogP contribution in [0.15, 0.2) is 34.4 Å². The van der Waals surface area contributed by atoms with Gasteiger partial charge in [-0.15, -0.1) is 11.3 Å². The van der Waals surface area contributed by atoms with Crippen LogP contribution in [0.5, 0.6) is 0 Å². The Morgan fingerprint density at radius 1 is 1.23 bits per heavy atom. The molecule has 0 saturated carbocycles. The number of aromatic amines is 1. The molecule has 0 fully saturated rings. The maximum Gasteiger partial charge on any atom is 0.260 e. The molecule has 2 aromatic heterocycles. The molecule has 0 aliphatic carbocycles. The molecular weight excluding hydrogens is 410 g/mol. The lowest BCUT2D eigenvalue weighted by atomic mass is 10.1. The number of hydrogen-bond donors (Lipinski definition) is 2. The molecule has 31 heavy (non-hydrogen) atoms. The van der Waals surface area contributed by atoms with E-state index >= 15 is 0 Å². The lowest BCUT2D eigenvalue weighted by Gasteiger charge is -2.29. The van der Waals surface area contributed by atoms with Crippen LogP contribution in [0.25, 0.3) is 21.3 Å². The summed E-state index contributed by atoms with van der Waals surface area (Å²) >= 11 is 1.48. The largest absolute Gasteiger partial charge is 0.389 e. The van der Waals surface area contributed by atoms with Gasteiger partial charge in [0.25, 0.3) is 5.56 Å². The first-order valence-electron chi connectivity index (χ1n) is 10.7. The van der Waals surface area contributed by atoms with E-state index in [0.29, 0.717) is 24.3 Å². The average molecular weight is 444 g/mol. The van der Waals surface area contributed by atoms with Crippen molar-refractivity contribution in [2.24, 2.45) is 0 Å². The number of aliphatic hydroxyl groups is 1. The number of nitrogens with one attached hydrogen (secondary N) is 1. The predicted octanol–water partition coefficient (Wildman–Crippen LogP) is 4.35. The van der Waals surface area contributed by atoms with Crippen molar-refractivity contribution >= 4 is 21.6 Å². The molecule has 0 bridgehead atoms. The van der Waals surface area contributed by atoms with Gasteiger partial charge in [-0.1, -0.05) is 29.8 Å². The van der Waals surface area contributed by atoms with Crippen LogP contribution in [0, 0.1) is 6.92 Å². The minimum absolute atomic E-state index is 0.128. The Kier molecular flexibility index (Phi) is 7.31. The van der Waals surface area contributed by atoms with Crippen molar-refractivity contribution in [1.82, 2.24) is 14.9 Å². The van der Waals surface area contributed by atoms with E-state index in [1.807, 2.05) is 57.3 Å². The molecular formula is C24H33N3O3S. The van der Waals surface area contributed by atoms with Gasteiger partial charge in [-0.2, -0.15) is 0 Å². The Labute approximate surface area is 187 Å². The number of ether oxygens (including phenoxy) is 1. The Morgan fingerprint density at radius 3 is 2.52 bits per heavy atom. The fourth-order valence-electron chi connectivity index (χ4n) is 3.33. The van der Waals surface area contributed by atoms with Crippen LogP contribution in [-0.4, -0.2) is 50.9 Å². The first-order chi connectivity index (χ1) is 14.5. The van der Waals surface area contributed by atoms with Gasteiger partial charge in [0.15, 0.2) is 0 Å². The third-order valence-corrected chi connectivity index (χ3v) is 5.96. The number of hydrogen-bond acceptors (Lipinski definition) is 6. The van der Waals surface area contributed by atoms with Crippen molar-refractivity contribution in [1.29, 1.82) is 0 Å². The van der Waals surface area contributed by atoms with E-state index in [4.69, 9.17) is 9.72 Å². The number of H-pyrrole nitrogens is 1. The number of nitrogens with zero attached hydrogens (tertiary/aromatic N) is 2. The van der Waals surface area contributed by atoms with Gasteiger partial charge in [0, 0.05) is 23.5 Å². The normalized spacial score (nSPS) is 13.5. The zero-order valence-electron chi connectivity index (χ0n) is 19.2. The molecule has 0 amide bonds. The topological polar surface area (TPSA) is 78.5 Å². The van der Waals surface area contributed by atoms with E-state index in [-0.39, 0.29) is 23.8 Å². The van der Waals surface area contributed by atoms with Crippen LogP contribution in [0.1, 0.15) is 46.0 Å². The quantitative estimate of drug-likeness (QED) is 0.541. The number of aryl methyl sites for hydroxylation is 1. The maximum absolute atomic E-state index is 12.9. The Hall–Kier alpha value is -2.06. The van der Waals surface area contributed by atoms with Gasteiger partial charge in [0.2, 0.25) is 0 Å². The van der Waals surface area contributed by atoms with Gasteiger partial charge in [0.1, 0.15) is 10.7 Å². The van der Waals surface area contributed by atoms with Crippen molar-refractivity contribution in [3.63, 3.8) is 0 Å². The number of aromatic nitrogens is 2. The van der Waals surface area contributed by atoms with Crippen LogP contribution in [0.3, 0.4) is 0 Å². The SMILES string of the molecule is Cc1ccc(-c2csc3nc(CN(C[C@@H](O)COC(C)(C)C)C(C)C)[nH]c(=O)c23)cc1. The van der Waals surface area contributed by atoms with Crippen molar-refractivity contribution in [2.45, 2.75) is 65.8 Å². The minimum Gasteiger partial charge on any atom is -0.389 e. The second kappa shape index (κ2) is 9.61. The Balaban J connectivity index is 1.80. The highest BCUT2D eigenvalue weighted by Gasteiger charge is 2.20. The minimum atomic E-state index is -0.619. The summed E-state index contributed by atoms with van der Waals surface area (Å²) in [5.74, 6) is 0.604. The van der Waals surface area contributed by atoms with Gasteiger partial charge in [-0.25, -0.2) is 4.98 Å². The zero-order chi connectivity index (χ0) is 22.8. The fraction of sp³-hybridized carbons (Fsp3) is 0.500. The van der Waals surface area contributed by atoms with E-state index in [0.717, 1.165) is 16.0 Å². The molecule has 7 heteroatoms. The van der Waals surface area contributed by atoms with Gasteiger partial charge in [0.05, 0.1) is 30.2 Å². The number of aliphatic hydroxyl groups excluding tert-OH is 1. The lowest BCUT2D eigenvalue weighted by molar-refractivity contribution is -0.0588. The molecule has 2 N–H and O–H groups in total. The lowest BCUT2D eigenvalue weighted by Crippen LogP contribution is -2.40. The van der Waals surface area contributed by atoms with Crippen LogP contribution < -0.4 is 5.56 Å². The van der Waals surface area contributed by atoms with Gasteiger partial charge < -0.3 is 14.8 Å². The summed E-state index contributed by atoms with van der Waals surface area (Å²) in [4.78, 5) is 23.4. The molecule has 2 heterocycles. The summed E-state index contributed by atoms with van der Waals surface area (Å²) in [5, 5.41) is 13.1. The summed E-state index contributed by atoms with van der Waals surface area (Å²) in [6.07, 6.45) is -0.619. The number of fused-ring (bicyclic) bond motifs is 1. The molecule has 0 aliphatic heterocycles. The average Bonchev–Trinajstić information content (AvgIpc) is 3.10. The zero-order valence-corrected chi connectivity index (χ0v) is 20.0. The smallest absolute Gasteiger partial charge is 0.260 e. The Bertz CT molecular complexity index is 1060. The fourth-order valence-corrected chi connectivity index (χ4v) is 4.30. The summed E-state index contributed by atoms with van der Waals surface area (Å²) in [7, 11) is 0. The number of rotatable bonds is 8. The first kappa shape index (κ1) is 23.6. The molecule has 3 rings (SSSR count). The highest BCUT2D eigenvalue weighted by atomic mass is 32.1. The molecule has 0 radical (unpaired) electrons. The molecule has 0 aliphatic rings. The van der Waals surface area contributed by atoms with Crippen LogP contribution in [-0.2, 0) is 11.3 Å². The summed E-state index contributed by atoms with van der Waals surface area (Å²) in [5.41, 5.74) is 2.69. The second-order valence-corrected chi connectivity index (χ2v) is 10.2. The van der Waals surface area contributed by atoms with Gasteiger partial charge in [-0.05, 0) is 47.1 Å². The molecule has 168 valence electrons. The predicted molar refractivity (Wildman–Crippen MR) is 128 cm³/mol. The van der Waals surface area contributed by atoms with E-state index in [1.165, 1.54) is 16.9 Å². The molecule has 0 saturated heterocycles. The van der Waals surface area contributed by atoms with Crippen molar-refractivity contribution in [3.8, 4) is 11.1 Å². The van der Waals surface area contributed by atoms with Crippen LogP contribution in [0.4, 0.5) is 0 Å². The number of benzene rings is 1. The molecule has 1 aromatic carbocycles. The van der Waals surface area contributed by atoms with Crippen molar-refractivity contribution in [3.05, 3.63) is 51.4 Å². The molecule has 6 nitrogen and oxygen atoms in total. The summed E-state index contributed by atoms with van der Waals surface area (Å²) < 4.78 is 5.70. The van der Waals surface area contributed by atoms with Crippen LogP contribution in [0.2, 0.25) is 0 Å². The van der Waals surface area contributed by atoms with E-state index in [9.17, 15) is 9.90 Å². The third kappa shape index (κ3) is 6.23. The van der Waals surface area contributed by atoms with Crippen molar-refractivity contribution < 1.29 is 9.84 Å². The second-order valence-electron chi connectivity index (χ2n) is 9.31. The van der Waals surface area contributed by atoms with E-state index in [1.54, 1.807) is 0 Å². The third-order valence-electron chi connectivity index (χ3n) is 5.09. The molecule has 1 atom stereocenters. The van der Waals surface area contributed by atoms with E-state index in [2.05, 4.69) is 23.7 Å². The van der Waals surface area contributed by atoms with Crippen molar-refractivity contribution in [2.75, 3.05) is 13.2 Å². The standard InChI is InChI=1S/C24H33N3O3S/c1-15(2)27(11-18(28)13-30-24(4,5)6)12-20-25-22(29)21-19(14-31-23(21)26-20)17-9-7-16(3)8-10-17/h7-10,14-15,18,28H,11-13H2,1-6H3,(H,25,26,29)/t18-/m1/s1. The highest BCUT2D eigenvalue weighted by molar-refractivity contribution is 7.17. The number of thiophene rings is 1. The Morgan fingerprint density at radius 2 is 1.90 bits per heavy atom. The summed E-state index contributed by atoms with van der Waals surface area (Å²) in [6, 6.07) is 8.34. The van der Waals surface area contributed by atoms with Crippen LogP contribution >= 0.6 is 11.3 Å². The van der Waals surface area contributed by atoms with Gasteiger partial charge >= 0.3 is 0 Å². The summed E-state index contributed by atoms with van der Waals surface area (Å²) in [6.45, 7) is 13.2. The highest BCUT2D eigenvalue weighted by Crippen LogP contribution is 2.31. The maximum atomic E-state index is 12.9. The molecule has 0 unspecified atom stereocenters. The monoisotopic (exact) mass is 443 g/mol. The molecule has 0 spiro atoms. The van der Waals surface area contributed by atoms with Gasteiger partial charge in [-0.3, -0.25) is 9.69 Å². The molecule has 3 aromatic rings.